The Kier molecular flexibility index (Phi) is 5.09. The fourth-order valence-corrected chi connectivity index (χ4v) is 7.91. The van der Waals surface area contributed by atoms with Crippen LogP contribution in [0.25, 0.3) is 66.1 Å². The lowest BCUT2D eigenvalue weighted by Gasteiger charge is -2.15. The minimum atomic E-state index is 0.248. The molecule has 1 atom stereocenters. The Bertz CT molecular complexity index is 2550. The second kappa shape index (κ2) is 9.32. The molecule has 0 radical (unpaired) electrons. The largest absolute Gasteiger partial charge is 0.309 e. The lowest BCUT2D eigenvalue weighted by molar-refractivity contribution is 1.01. The molecular weight excluding hydrogens is 544 g/mol. The van der Waals surface area contributed by atoms with E-state index in [0.29, 0.717) is 0 Å². The van der Waals surface area contributed by atoms with Crippen LogP contribution in [0.15, 0.2) is 164 Å². The third kappa shape index (κ3) is 3.45. The van der Waals surface area contributed by atoms with E-state index in [1.165, 1.54) is 82.8 Å². The van der Waals surface area contributed by atoms with Gasteiger partial charge in [-0.15, -0.1) is 0 Å². The lowest BCUT2D eigenvalue weighted by Crippen LogP contribution is -2.00. The molecule has 0 saturated heterocycles. The summed E-state index contributed by atoms with van der Waals surface area (Å²) in [5.74, 6) is 0.248. The number of para-hydroxylation sites is 3. The van der Waals surface area contributed by atoms with Crippen LogP contribution in [0.4, 0.5) is 0 Å². The highest BCUT2D eigenvalue weighted by molar-refractivity contribution is 6.12. The molecule has 2 aromatic heterocycles. The van der Waals surface area contributed by atoms with Crippen LogP contribution in [0.5, 0.6) is 0 Å². The number of benzene rings is 7. The molecule has 0 fully saturated rings. The van der Waals surface area contributed by atoms with Gasteiger partial charge in [0.25, 0.3) is 0 Å². The number of hydrogen-bond acceptors (Lipinski definition) is 0. The van der Waals surface area contributed by atoms with Crippen LogP contribution >= 0.6 is 0 Å². The van der Waals surface area contributed by atoms with E-state index in [1.54, 1.807) is 0 Å². The van der Waals surface area contributed by atoms with Crippen molar-refractivity contribution < 1.29 is 0 Å². The molecule has 0 saturated carbocycles. The minimum Gasteiger partial charge on any atom is -0.309 e. The Morgan fingerprint density at radius 2 is 0.822 bits per heavy atom. The van der Waals surface area contributed by atoms with Gasteiger partial charge in [0.15, 0.2) is 0 Å². The first-order valence-electron chi connectivity index (χ1n) is 15.7. The van der Waals surface area contributed by atoms with Crippen LogP contribution in [-0.4, -0.2) is 9.13 Å². The predicted octanol–water partition coefficient (Wildman–Crippen LogP) is 11.0. The maximum absolute atomic E-state index is 2.44. The van der Waals surface area contributed by atoms with Gasteiger partial charge in [0.2, 0.25) is 0 Å². The summed E-state index contributed by atoms with van der Waals surface area (Å²) in [6.45, 7) is 0. The molecule has 10 rings (SSSR count). The summed E-state index contributed by atoms with van der Waals surface area (Å²) in [7, 11) is 0. The van der Waals surface area contributed by atoms with Crippen molar-refractivity contribution in [3.8, 4) is 22.5 Å². The van der Waals surface area contributed by atoms with E-state index in [1.807, 2.05) is 0 Å². The average molecular weight is 573 g/mol. The lowest BCUT2D eigenvalue weighted by atomic mass is 9.89. The van der Waals surface area contributed by atoms with Gasteiger partial charge in [-0.1, -0.05) is 115 Å². The summed E-state index contributed by atoms with van der Waals surface area (Å²) in [5, 5.41) is 5.08. The van der Waals surface area contributed by atoms with Crippen molar-refractivity contribution in [2.24, 2.45) is 0 Å². The molecule has 210 valence electrons. The molecule has 0 N–H and O–H groups in total. The van der Waals surface area contributed by atoms with Crippen molar-refractivity contribution in [1.82, 2.24) is 9.13 Å². The monoisotopic (exact) mass is 572 g/mol. The van der Waals surface area contributed by atoms with Crippen molar-refractivity contribution in [3.63, 3.8) is 0 Å². The predicted molar refractivity (Wildman–Crippen MR) is 188 cm³/mol. The van der Waals surface area contributed by atoms with Crippen LogP contribution in [0.2, 0.25) is 0 Å². The summed E-state index contributed by atoms with van der Waals surface area (Å²) < 4.78 is 4.85. The van der Waals surface area contributed by atoms with E-state index in [4.69, 9.17) is 0 Å². The maximum atomic E-state index is 2.44. The van der Waals surface area contributed by atoms with Crippen LogP contribution in [-0.2, 0) is 0 Å². The summed E-state index contributed by atoms with van der Waals surface area (Å²) in [5.41, 5.74) is 14.0. The molecule has 0 amide bonds. The Balaban J connectivity index is 1.20. The highest BCUT2D eigenvalue weighted by atomic mass is 15.0. The van der Waals surface area contributed by atoms with Gasteiger partial charge in [0, 0.05) is 38.8 Å². The summed E-state index contributed by atoms with van der Waals surface area (Å²) in [6.07, 6.45) is 0. The molecule has 0 spiro atoms. The molecule has 9 aromatic rings. The average Bonchev–Trinajstić information content (AvgIpc) is 3.74. The number of aromatic nitrogens is 2. The van der Waals surface area contributed by atoms with Crippen molar-refractivity contribution in [2.75, 3.05) is 0 Å². The van der Waals surface area contributed by atoms with Crippen LogP contribution in [0.3, 0.4) is 0 Å². The zero-order valence-corrected chi connectivity index (χ0v) is 24.6. The van der Waals surface area contributed by atoms with Gasteiger partial charge < -0.3 is 9.13 Å². The minimum absolute atomic E-state index is 0.248. The quantitative estimate of drug-likeness (QED) is 0.199. The molecule has 45 heavy (non-hydrogen) atoms. The summed E-state index contributed by atoms with van der Waals surface area (Å²) in [4.78, 5) is 0. The van der Waals surface area contributed by atoms with Gasteiger partial charge in [-0.05, 0) is 76.3 Å². The molecule has 7 aromatic carbocycles. The van der Waals surface area contributed by atoms with E-state index in [2.05, 4.69) is 173 Å². The standard InChI is InChI=1S/C43H28N2/c1-2-12-28(13-3-1)43-35-18-5-4-14-31(35)37-26-29(22-24-36(37)43)45-41-21-11-8-17-34(41)38-27-30(23-25-42(38)45)44-39-19-9-6-15-32(39)33-16-7-10-20-40(33)44/h1-27,43H. The highest BCUT2D eigenvalue weighted by Crippen LogP contribution is 2.49. The smallest absolute Gasteiger partial charge is 0.0542 e. The normalized spacial score (nSPS) is 14.0. The van der Waals surface area contributed by atoms with Gasteiger partial charge in [0.05, 0.1) is 22.1 Å². The summed E-state index contributed by atoms with van der Waals surface area (Å²) in [6, 6.07) is 60.1. The van der Waals surface area contributed by atoms with E-state index >= 15 is 0 Å². The first-order chi connectivity index (χ1) is 22.3. The highest BCUT2D eigenvalue weighted by Gasteiger charge is 2.30. The number of nitrogens with zero attached hydrogens (tertiary/aromatic N) is 2. The Morgan fingerprint density at radius 3 is 1.51 bits per heavy atom. The van der Waals surface area contributed by atoms with Gasteiger partial charge in [-0.2, -0.15) is 0 Å². The van der Waals surface area contributed by atoms with E-state index in [9.17, 15) is 0 Å². The van der Waals surface area contributed by atoms with E-state index in [0.717, 1.165) is 0 Å². The zero-order valence-electron chi connectivity index (χ0n) is 24.6. The van der Waals surface area contributed by atoms with Crippen molar-refractivity contribution >= 4 is 43.6 Å². The maximum Gasteiger partial charge on any atom is 0.0542 e. The molecule has 0 aliphatic heterocycles. The molecule has 2 heteroatoms. The molecule has 1 aliphatic carbocycles. The Labute approximate surface area is 261 Å². The molecular formula is C43H28N2. The second-order valence-corrected chi connectivity index (χ2v) is 12.1. The first-order valence-corrected chi connectivity index (χ1v) is 15.7. The molecule has 2 nitrogen and oxygen atoms in total. The van der Waals surface area contributed by atoms with Crippen LogP contribution in [0.1, 0.15) is 22.6 Å². The topological polar surface area (TPSA) is 9.86 Å². The Hall–Kier alpha value is -5.86. The van der Waals surface area contributed by atoms with Gasteiger partial charge in [0.1, 0.15) is 0 Å². The number of rotatable bonds is 3. The number of hydrogen-bond donors (Lipinski definition) is 0. The van der Waals surface area contributed by atoms with Gasteiger partial charge in [-0.3, -0.25) is 0 Å². The zero-order chi connectivity index (χ0) is 29.5. The van der Waals surface area contributed by atoms with Crippen LogP contribution in [0, 0.1) is 0 Å². The second-order valence-electron chi connectivity index (χ2n) is 12.1. The molecule has 2 heterocycles. The Morgan fingerprint density at radius 1 is 0.333 bits per heavy atom. The van der Waals surface area contributed by atoms with Crippen molar-refractivity contribution in [2.45, 2.75) is 5.92 Å². The van der Waals surface area contributed by atoms with Crippen molar-refractivity contribution in [1.29, 1.82) is 0 Å². The third-order valence-electron chi connectivity index (χ3n) is 9.80. The van der Waals surface area contributed by atoms with E-state index in [-0.39, 0.29) is 5.92 Å². The number of fused-ring (bicyclic) bond motifs is 9. The van der Waals surface area contributed by atoms with E-state index < -0.39 is 0 Å². The molecule has 1 unspecified atom stereocenters. The van der Waals surface area contributed by atoms with Gasteiger partial charge in [-0.25, -0.2) is 0 Å². The fraction of sp³-hybridized carbons (Fsp3) is 0.0233. The van der Waals surface area contributed by atoms with Crippen molar-refractivity contribution in [3.05, 3.63) is 180 Å². The third-order valence-corrected chi connectivity index (χ3v) is 9.80. The first kappa shape index (κ1) is 24.6. The molecule has 0 bridgehead atoms. The van der Waals surface area contributed by atoms with Crippen LogP contribution < -0.4 is 0 Å². The van der Waals surface area contributed by atoms with Gasteiger partial charge >= 0.3 is 0 Å². The fourth-order valence-electron chi connectivity index (χ4n) is 7.91. The summed E-state index contributed by atoms with van der Waals surface area (Å²) >= 11 is 0. The molecule has 1 aliphatic rings. The SMILES string of the molecule is c1ccc(C2c3ccccc3-c3cc(-n4c5ccccc5c5cc(-n6c7ccccc7c7ccccc76)ccc54)ccc32)cc1.